The molecule has 2 aromatic heterocycles. The first-order chi connectivity index (χ1) is 8.79. The second-order valence-corrected chi connectivity index (χ2v) is 4.61. The molecule has 94 valence electrons. The first kappa shape index (κ1) is 12.6. The van der Waals surface area contributed by atoms with Crippen LogP contribution in [0.5, 0.6) is 0 Å². The summed E-state index contributed by atoms with van der Waals surface area (Å²) >= 11 is 1.55. The number of pyridine rings is 1. The Morgan fingerprint density at radius 3 is 2.89 bits per heavy atom. The van der Waals surface area contributed by atoms with E-state index >= 15 is 0 Å². The molecular weight excluding hydrogens is 246 g/mol. The molecule has 0 fully saturated rings. The number of anilines is 2. The Bertz CT molecular complexity index is 493. The minimum atomic E-state index is -0.136. The first-order valence-corrected chi connectivity index (χ1v) is 6.77. The quantitative estimate of drug-likeness (QED) is 0.869. The van der Waals surface area contributed by atoms with Gasteiger partial charge >= 0.3 is 0 Å². The number of hydrogen-bond donors (Lipinski definition) is 2. The van der Waals surface area contributed by atoms with Crippen LogP contribution in [0.25, 0.3) is 0 Å². The van der Waals surface area contributed by atoms with E-state index < -0.39 is 0 Å². The Kier molecular flexibility index (Phi) is 4.30. The lowest BCUT2D eigenvalue weighted by Gasteiger charge is -2.05. The van der Waals surface area contributed by atoms with E-state index in [-0.39, 0.29) is 5.91 Å². The topological polar surface area (TPSA) is 54.0 Å². The van der Waals surface area contributed by atoms with Crippen molar-refractivity contribution in [2.75, 3.05) is 17.2 Å². The molecule has 18 heavy (non-hydrogen) atoms. The van der Waals surface area contributed by atoms with Crippen molar-refractivity contribution in [2.45, 2.75) is 13.3 Å². The maximum absolute atomic E-state index is 11.9. The van der Waals surface area contributed by atoms with Crippen LogP contribution >= 0.6 is 11.3 Å². The zero-order valence-electron chi connectivity index (χ0n) is 10.1. The van der Waals surface area contributed by atoms with E-state index in [1.165, 1.54) is 0 Å². The van der Waals surface area contributed by atoms with Gasteiger partial charge in [0.15, 0.2) is 0 Å². The number of carbonyl (C=O) groups is 1. The zero-order chi connectivity index (χ0) is 12.8. The molecular formula is C13H15N3OS. The predicted molar refractivity (Wildman–Crippen MR) is 75.3 cm³/mol. The summed E-state index contributed by atoms with van der Waals surface area (Å²) < 4.78 is 0. The monoisotopic (exact) mass is 261 g/mol. The molecule has 5 heteroatoms. The standard InChI is InChI=1S/C13H15N3OS/c1-2-6-14-12-4-3-10(8-15-12)13(17)16-11-5-7-18-9-11/h3-5,7-9H,2,6H2,1H3,(H,14,15)(H,16,17). The van der Waals surface area contributed by atoms with Crippen LogP contribution < -0.4 is 10.6 Å². The van der Waals surface area contributed by atoms with Crippen LogP contribution in [0.15, 0.2) is 35.2 Å². The number of nitrogens with zero attached hydrogens (tertiary/aromatic N) is 1. The molecule has 0 aliphatic heterocycles. The van der Waals surface area contributed by atoms with Crippen LogP contribution in [0.2, 0.25) is 0 Å². The van der Waals surface area contributed by atoms with Gasteiger partial charge in [0.05, 0.1) is 11.3 Å². The lowest BCUT2D eigenvalue weighted by atomic mass is 10.2. The van der Waals surface area contributed by atoms with Crippen LogP contribution in [0.1, 0.15) is 23.7 Å². The fraction of sp³-hybridized carbons (Fsp3) is 0.231. The van der Waals surface area contributed by atoms with Gasteiger partial charge in [0.2, 0.25) is 0 Å². The van der Waals surface area contributed by atoms with E-state index in [1.54, 1.807) is 23.6 Å². The summed E-state index contributed by atoms with van der Waals surface area (Å²) in [6.45, 7) is 2.98. The van der Waals surface area contributed by atoms with Crippen molar-refractivity contribution < 1.29 is 4.79 Å². The molecule has 0 unspecified atom stereocenters. The molecule has 1 amide bonds. The van der Waals surface area contributed by atoms with Gasteiger partial charge in [0, 0.05) is 18.1 Å². The normalized spacial score (nSPS) is 10.1. The minimum Gasteiger partial charge on any atom is -0.370 e. The van der Waals surface area contributed by atoms with E-state index in [0.29, 0.717) is 5.56 Å². The Morgan fingerprint density at radius 2 is 2.28 bits per heavy atom. The minimum absolute atomic E-state index is 0.136. The van der Waals surface area contributed by atoms with Crippen LogP contribution in [0.4, 0.5) is 11.5 Å². The highest BCUT2D eigenvalue weighted by molar-refractivity contribution is 7.08. The summed E-state index contributed by atoms with van der Waals surface area (Å²) in [5, 5.41) is 9.79. The average molecular weight is 261 g/mol. The number of carbonyl (C=O) groups excluding carboxylic acids is 1. The van der Waals surface area contributed by atoms with Crippen molar-refractivity contribution in [2.24, 2.45) is 0 Å². The van der Waals surface area contributed by atoms with Crippen LogP contribution in [-0.4, -0.2) is 17.4 Å². The van der Waals surface area contributed by atoms with Gasteiger partial charge in [-0.1, -0.05) is 6.92 Å². The molecule has 2 heterocycles. The van der Waals surface area contributed by atoms with Crippen molar-refractivity contribution in [3.63, 3.8) is 0 Å². The second kappa shape index (κ2) is 6.16. The third-order valence-electron chi connectivity index (χ3n) is 2.36. The average Bonchev–Trinajstić information content (AvgIpc) is 2.89. The van der Waals surface area contributed by atoms with E-state index in [0.717, 1.165) is 24.5 Å². The highest BCUT2D eigenvalue weighted by Crippen LogP contribution is 2.13. The lowest BCUT2D eigenvalue weighted by Crippen LogP contribution is -2.12. The second-order valence-electron chi connectivity index (χ2n) is 3.83. The van der Waals surface area contributed by atoms with Crippen LogP contribution in [-0.2, 0) is 0 Å². The van der Waals surface area contributed by atoms with Crippen LogP contribution in [0.3, 0.4) is 0 Å². The molecule has 0 saturated heterocycles. The third-order valence-corrected chi connectivity index (χ3v) is 3.04. The highest BCUT2D eigenvalue weighted by atomic mass is 32.1. The Hall–Kier alpha value is -1.88. The Balaban J connectivity index is 1.98. The van der Waals surface area contributed by atoms with Crippen molar-refractivity contribution in [3.8, 4) is 0 Å². The smallest absolute Gasteiger partial charge is 0.257 e. The molecule has 2 N–H and O–H groups in total. The summed E-state index contributed by atoms with van der Waals surface area (Å²) in [6.07, 6.45) is 2.63. The summed E-state index contributed by atoms with van der Waals surface area (Å²) in [4.78, 5) is 16.1. The number of rotatable bonds is 5. The van der Waals surface area contributed by atoms with Gasteiger partial charge < -0.3 is 10.6 Å². The molecule has 4 nitrogen and oxygen atoms in total. The van der Waals surface area contributed by atoms with Crippen LogP contribution in [0, 0.1) is 0 Å². The fourth-order valence-electron chi connectivity index (χ4n) is 1.42. The van der Waals surface area contributed by atoms with Crippen molar-refractivity contribution in [3.05, 3.63) is 40.7 Å². The molecule has 0 atom stereocenters. The Labute approximate surface area is 110 Å². The van der Waals surface area contributed by atoms with Gasteiger partial charge in [-0.15, -0.1) is 0 Å². The van der Waals surface area contributed by atoms with E-state index in [4.69, 9.17) is 0 Å². The third kappa shape index (κ3) is 3.30. The molecule has 0 aromatic carbocycles. The summed E-state index contributed by atoms with van der Waals surface area (Å²) in [5.74, 6) is 0.659. The number of hydrogen-bond acceptors (Lipinski definition) is 4. The molecule has 0 spiro atoms. The number of amides is 1. The molecule has 0 radical (unpaired) electrons. The van der Waals surface area contributed by atoms with Gasteiger partial charge in [-0.05, 0) is 30.0 Å². The molecule has 0 aliphatic rings. The van der Waals surface area contributed by atoms with E-state index in [1.807, 2.05) is 22.9 Å². The summed E-state index contributed by atoms with van der Waals surface area (Å²) in [6, 6.07) is 5.46. The van der Waals surface area contributed by atoms with E-state index in [9.17, 15) is 4.79 Å². The van der Waals surface area contributed by atoms with Crippen molar-refractivity contribution in [1.29, 1.82) is 0 Å². The largest absolute Gasteiger partial charge is 0.370 e. The first-order valence-electron chi connectivity index (χ1n) is 5.83. The highest BCUT2D eigenvalue weighted by Gasteiger charge is 2.06. The molecule has 2 aromatic rings. The molecule has 2 rings (SSSR count). The number of nitrogens with one attached hydrogen (secondary N) is 2. The lowest BCUT2D eigenvalue weighted by molar-refractivity contribution is 0.102. The SMILES string of the molecule is CCCNc1ccc(C(=O)Nc2ccsc2)cn1. The molecule has 0 bridgehead atoms. The van der Waals surface area contributed by atoms with Gasteiger partial charge in [-0.2, -0.15) is 11.3 Å². The van der Waals surface area contributed by atoms with Gasteiger partial charge in [-0.25, -0.2) is 4.98 Å². The van der Waals surface area contributed by atoms with Crippen molar-refractivity contribution >= 4 is 28.7 Å². The summed E-state index contributed by atoms with van der Waals surface area (Å²) in [5.41, 5.74) is 1.38. The maximum Gasteiger partial charge on any atom is 0.257 e. The molecule has 0 aliphatic carbocycles. The molecule has 0 saturated carbocycles. The van der Waals surface area contributed by atoms with Gasteiger partial charge in [0.25, 0.3) is 5.91 Å². The zero-order valence-corrected chi connectivity index (χ0v) is 11.0. The maximum atomic E-state index is 11.9. The van der Waals surface area contributed by atoms with Crippen molar-refractivity contribution in [1.82, 2.24) is 4.98 Å². The Morgan fingerprint density at radius 1 is 1.39 bits per heavy atom. The van der Waals surface area contributed by atoms with Gasteiger partial charge in [0.1, 0.15) is 5.82 Å². The van der Waals surface area contributed by atoms with Gasteiger partial charge in [-0.3, -0.25) is 4.79 Å². The van der Waals surface area contributed by atoms with E-state index in [2.05, 4.69) is 22.5 Å². The summed E-state index contributed by atoms with van der Waals surface area (Å²) in [7, 11) is 0. The number of aromatic nitrogens is 1. The number of thiophene rings is 1. The fourth-order valence-corrected chi connectivity index (χ4v) is 2.01. The predicted octanol–water partition coefficient (Wildman–Crippen LogP) is 3.22.